The number of fused-ring (bicyclic) bond motifs is 3. The average Bonchev–Trinajstić information content (AvgIpc) is 3.20. The summed E-state index contributed by atoms with van der Waals surface area (Å²) in [4.78, 5) is 4.85. The largest absolute Gasteiger partial charge is 0.307 e. The molecule has 5 nitrogen and oxygen atoms in total. The first-order valence-corrected chi connectivity index (χ1v) is 10.0. The van der Waals surface area contributed by atoms with Crippen molar-refractivity contribution >= 4 is 27.0 Å². The number of anilines is 1. The van der Waals surface area contributed by atoms with E-state index in [-0.39, 0.29) is 0 Å². The van der Waals surface area contributed by atoms with Crippen molar-refractivity contribution in [1.29, 1.82) is 0 Å². The molecule has 1 aliphatic rings. The first-order valence-electron chi connectivity index (χ1n) is 8.60. The molecule has 0 spiro atoms. The third-order valence-corrected chi connectivity index (χ3v) is 6.83. The molecule has 25 heavy (non-hydrogen) atoms. The van der Waals surface area contributed by atoms with Gasteiger partial charge in [0, 0.05) is 6.54 Å². The van der Waals surface area contributed by atoms with Crippen LogP contribution in [0.1, 0.15) is 31.7 Å². The molecule has 1 atom stereocenters. The standard InChI is InChI=1S/C19H21N3O2S/c1-3-14(2)15-8-10-16(11-9-15)25(23,24)22-13-12-21-18-7-5-4-6-17(18)20-19(21)22/h4-11,14H,3,12-13H2,1-2H3/t14-/m0/s1. The molecule has 0 aliphatic carbocycles. The van der Waals surface area contributed by atoms with Crippen molar-refractivity contribution in [2.45, 2.75) is 37.6 Å². The van der Waals surface area contributed by atoms with Gasteiger partial charge >= 0.3 is 0 Å². The summed E-state index contributed by atoms with van der Waals surface area (Å²) < 4.78 is 29.6. The molecule has 2 heterocycles. The minimum Gasteiger partial charge on any atom is -0.307 e. The molecule has 0 amide bonds. The average molecular weight is 355 g/mol. The number of aromatic nitrogens is 2. The van der Waals surface area contributed by atoms with E-state index in [9.17, 15) is 8.42 Å². The Bertz CT molecular complexity index is 1020. The second-order valence-corrected chi connectivity index (χ2v) is 8.37. The van der Waals surface area contributed by atoms with Crippen molar-refractivity contribution in [3.8, 4) is 0 Å². The van der Waals surface area contributed by atoms with E-state index >= 15 is 0 Å². The molecule has 2 aromatic carbocycles. The second-order valence-electron chi connectivity index (χ2n) is 6.51. The number of benzene rings is 2. The van der Waals surface area contributed by atoms with Crippen LogP contribution in [0, 0.1) is 0 Å². The molecule has 0 saturated carbocycles. The smallest absolute Gasteiger partial charge is 0.266 e. The number of rotatable bonds is 4. The van der Waals surface area contributed by atoms with Crippen LogP contribution in [0.15, 0.2) is 53.4 Å². The molecule has 1 aliphatic heterocycles. The molecule has 0 N–H and O–H groups in total. The van der Waals surface area contributed by atoms with Crippen LogP contribution in [0.5, 0.6) is 0 Å². The van der Waals surface area contributed by atoms with Crippen molar-refractivity contribution in [2.24, 2.45) is 0 Å². The highest BCUT2D eigenvalue weighted by molar-refractivity contribution is 7.92. The zero-order valence-electron chi connectivity index (χ0n) is 14.4. The predicted molar refractivity (Wildman–Crippen MR) is 99.4 cm³/mol. The van der Waals surface area contributed by atoms with Crippen molar-refractivity contribution < 1.29 is 8.42 Å². The number of hydrogen-bond acceptors (Lipinski definition) is 3. The van der Waals surface area contributed by atoms with Crippen LogP contribution >= 0.6 is 0 Å². The lowest BCUT2D eigenvalue weighted by Gasteiger charge is -2.17. The number of hydrogen-bond donors (Lipinski definition) is 0. The minimum atomic E-state index is -3.60. The summed E-state index contributed by atoms with van der Waals surface area (Å²) in [7, 11) is -3.60. The van der Waals surface area contributed by atoms with Gasteiger partial charge in [0.1, 0.15) is 0 Å². The number of imidazole rings is 1. The first-order chi connectivity index (χ1) is 12.0. The Kier molecular flexibility index (Phi) is 3.80. The predicted octanol–water partition coefficient (Wildman–Crippen LogP) is 3.76. The summed E-state index contributed by atoms with van der Waals surface area (Å²) in [6, 6.07) is 15.0. The molecule has 0 radical (unpaired) electrons. The van der Waals surface area contributed by atoms with Gasteiger partial charge in [0.05, 0.1) is 22.5 Å². The molecule has 3 aromatic rings. The van der Waals surface area contributed by atoms with Gasteiger partial charge in [-0.25, -0.2) is 17.7 Å². The Morgan fingerprint density at radius 3 is 2.52 bits per heavy atom. The maximum Gasteiger partial charge on any atom is 0.266 e. The van der Waals surface area contributed by atoms with Gasteiger partial charge in [-0.3, -0.25) is 0 Å². The van der Waals surface area contributed by atoms with E-state index in [1.165, 1.54) is 4.31 Å². The topological polar surface area (TPSA) is 55.2 Å². The highest BCUT2D eigenvalue weighted by Crippen LogP contribution is 2.32. The fourth-order valence-corrected chi connectivity index (χ4v) is 4.73. The van der Waals surface area contributed by atoms with E-state index in [4.69, 9.17) is 0 Å². The molecular weight excluding hydrogens is 334 g/mol. The summed E-state index contributed by atoms with van der Waals surface area (Å²) in [6.07, 6.45) is 1.03. The van der Waals surface area contributed by atoms with Crippen LogP contribution in [0.2, 0.25) is 0 Å². The van der Waals surface area contributed by atoms with Gasteiger partial charge in [-0.2, -0.15) is 0 Å². The SMILES string of the molecule is CC[C@H](C)c1ccc(S(=O)(=O)N2CCn3c2nc2ccccc23)cc1. The Morgan fingerprint density at radius 2 is 1.80 bits per heavy atom. The maximum atomic E-state index is 13.1. The van der Waals surface area contributed by atoms with Gasteiger partial charge in [0.15, 0.2) is 0 Å². The summed E-state index contributed by atoms with van der Waals surface area (Å²) in [6.45, 7) is 5.32. The number of para-hydroxylation sites is 2. The van der Waals surface area contributed by atoms with Crippen LogP contribution in [-0.4, -0.2) is 24.5 Å². The monoisotopic (exact) mass is 355 g/mol. The number of nitrogens with zero attached hydrogens (tertiary/aromatic N) is 3. The van der Waals surface area contributed by atoms with E-state index in [2.05, 4.69) is 18.8 Å². The Morgan fingerprint density at radius 1 is 1.08 bits per heavy atom. The third kappa shape index (κ3) is 2.52. The highest BCUT2D eigenvalue weighted by Gasteiger charge is 2.33. The lowest BCUT2D eigenvalue weighted by molar-refractivity contribution is 0.591. The van der Waals surface area contributed by atoms with Crippen LogP contribution in [0.3, 0.4) is 0 Å². The number of sulfonamides is 1. The highest BCUT2D eigenvalue weighted by atomic mass is 32.2. The molecule has 6 heteroatoms. The van der Waals surface area contributed by atoms with Crippen molar-refractivity contribution in [3.05, 3.63) is 54.1 Å². The van der Waals surface area contributed by atoms with Crippen molar-refractivity contribution in [3.63, 3.8) is 0 Å². The van der Waals surface area contributed by atoms with Gasteiger partial charge in [-0.1, -0.05) is 38.1 Å². The van der Waals surface area contributed by atoms with Crippen molar-refractivity contribution in [2.75, 3.05) is 10.8 Å². The third-order valence-electron chi connectivity index (χ3n) is 5.03. The van der Waals surface area contributed by atoms with Gasteiger partial charge in [-0.05, 0) is 42.2 Å². The van der Waals surface area contributed by atoms with Crippen LogP contribution in [0.4, 0.5) is 5.95 Å². The Balaban J connectivity index is 1.73. The fourth-order valence-electron chi connectivity index (χ4n) is 3.32. The molecular formula is C19H21N3O2S. The molecule has 0 saturated heterocycles. The quantitative estimate of drug-likeness (QED) is 0.716. The molecule has 0 fully saturated rings. The zero-order valence-corrected chi connectivity index (χ0v) is 15.2. The van der Waals surface area contributed by atoms with Gasteiger partial charge in [0.25, 0.3) is 10.0 Å². The van der Waals surface area contributed by atoms with E-state index in [1.807, 2.05) is 41.0 Å². The van der Waals surface area contributed by atoms with Crippen LogP contribution in [0.25, 0.3) is 11.0 Å². The maximum absolute atomic E-state index is 13.1. The van der Waals surface area contributed by atoms with E-state index < -0.39 is 10.0 Å². The van der Waals surface area contributed by atoms with E-state index in [0.717, 1.165) is 23.0 Å². The van der Waals surface area contributed by atoms with E-state index in [1.54, 1.807) is 12.1 Å². The molecule has 0 unspecified atom stereocenters. The lowest BCUT2D eigenvalue weighted by Crippen LogP contribution is -2.29. The fraction of sp³-hybridized carbons (Fsp3) is 0.316. The Hall–Kier alpha value is -2.34. The van der Waals surface area contributed by atoms with Gasteiger partial charge in [-0.15, -0.1) is 0 Å². The summed E-state index contributed by atoms with van der Waals surface area (Å²) in [5.41, 5.74) is 2.96. The molecule has 0 bridgehead atoms. The van der Waals surface area contributed by atoms with Crippen molar-refractivity contribution in [1.82, 2.24) is 9.55 Å². The molecule has 130 valence electrons. The molecule has 1 aromatic heterocycles. The second kappa shape index (κ2) is 5.88. The molecule has 4 rings (SSSR count). The lowest BCUT2D eigenvalue weighted by atomic mass is 9.99. The zero-order chi connectivity index (χ0) is 17.6. The summed E-state index contributed by atoms with van der Waals surface area (Å²) >= 11 is 0. The first kappa shape index (κ1) is 16.1. The Labute approximate surface area is 148 Å². The van der Waals surface area contributed by atoms with Gasteiger partial charge < -0.3 is 4.57 Å². The van der Waals surface area contributed by atoms with Crippen LogP contribution in [-0.2, 0) is 16.6 Å². The minimum absolute atomic E-state index is 0.319. The normalized spacial score (nSPS) is 15.5. The van der Waals surface area contributed by atoms with Gasteiger partial charge in [0.2, 0.25) is 5.95 Å². The summed E-state index contributed by atoms with van der Waals surface area (Å²) in [5, 5.41) is 0. The van der Waals surface area contributed by atoms with E-state index in [0.29, 0.717) is 29.9 Å². The van der Waals surface area contributed by atoms with Crippen LogP contribution < -0.4 is 4.31 Å². The summed E-state index contributed by atoms with van der Waals surface area (Å²) in [5.74, 6) is 0.931.